The van der Waals surface area contributed by atoms with E-state index >= 15 is 0 Å². The third kappa shape index (κ3) is 4.17. The highest BCUT2D eigenvalue weighted by atomic mass is 16.3. The first-order valence-electron chi connectivity index (χ1n) is 7.26. The van der Waals surface area contributed by atoms with Gasteiger partial charge in [-0.2, -0.15) is 0 Å². The van der Waals surface area contributed by atoms with E-state index in [-0.39, 0.29) is 18.4 Å². The minimum atomic E-state index is -0.118. The zero-order chi connectivity index (χ0) is 15.1. The van der Waals surface area contributed by atoms with Crippen LogP contribution in [0.5, 0.6) is 0 Å². The van der Waals surface area contributed by atoms with Gasteiger partial charge in [0, 0.05) is 6.54 Å². The van der Waals surface area contributed by atoms with E-state index in [9.17, 15) is 4.79 Å². The van der Waals surface area contributed by atoms with Gasteiger partial charge in [0.05, 0.1) is 12.5 Å². The molecule has 1 unspecified atom stereocenters. The predicted molar refractivity (Wildman–Crippen MR) is 83.7 cm³/mol. The van der Waals surface area contributed by atoms with Crippen LogP contribution in [0.3, 0.4) is 0 Å². The van der Waals surface area contributed by atoms with Crippen LogP contribution in [0.2, 0.25) is 0 Å². The SMILES string of the molecule is CCC(C(=O)NCc1cccc(CO)c1)c1ccccc1. The second-order valence-electron chi connectivity index (χ2n) is 5.07. The minimum absolute atomic E-state index is 0.0172. The average Bonchev–Trinajstić information content (AvgIpc) is 2.55. The highest BCUT2D eigenvalue weighted by Gasteiger charge is 2.17. The largest absolute Gasteiger partial charge is 0.392 e. The van der Waals surface area contributed by atoms with Crippen molar-refractivity contribution in [1.29, 1.82) is 0 Å². The zero-order valence-corrected chi connectivity index (χ0v) is 12.3. The molecule has 110 valence electrons. The highest BCUT2D eigenvalue weighted by molar-refractivity contribution is 5.83. The lowest BCUT2D eigenvalue weighted by molar-refractivity contribution is -0.122. The molecule has 2 rings (SSSR count). The molecule has 0 spiro atoms. The summed E-state index contributed by atoms with van der Waals surface area (Å²) in [6.45, 7) is 2.52. The lowest BCUT2D eigenvalue weighted by atomic mass is 9.95. The Kier molecular flexibility index (Phi) is 5.52. The lowest BCUT2D eigenvalue weighted by Crippen LogP contribution is -2.28. The molecule has 0 aliphatic heterocycles. The van der Waals surface area contributed by atoms with Crippen LogP contribution in [-0.4, -0.2) is 11.0 Å². The molecule has 21 heavy (non-hydrogen) atoms. The number of aliphatic hydroxyl groups excluding tert-OH is 1. The molecule has 0 aromatic heterocycles. The fraction of sp³-hybridized carbons (Fsp3) is 0.278. The van der Waals surface area contributed by atoms with E-state index in [1.165, 1.54) is 0 Å². The quantitative estimate of drug-likeness (QED) is 0.856. The Labute approximate surface area is 125 Å². The normalized spacial score (nSPS) is 11.9. The van der Waals surface area contributed by atoms with Gasteiger partial charge in [-0.1, -0.05) is 61.5 Å². The maximum absolute atomic E-state index is 12.3. The van der Waals surface area contributed by atoms with Gasteiger partial charge in [-0.15, -0.1) is 0 Å². The van der Waals surface area contributed by atoms with Crippen LogP contribution in [0, 0.1) is 0 Å². The summed E-state index contributed by atoms with van der Waals surface area (Å²) in [4.78, 5) is 12.3. The standard InChI is InChI=1S/C18H21NO2/c1-2-17(16-9-4-3-5-10-16)18(21)19-12-14-7-6-8-15(11-14)13-20/h3-11,17,20H,2,12-13H2,1H3,(H,19,21). The topological polar surface area (TPSA) is 49.3 Å². The highest BCUT2D eigenvalue weighted by Crippen LogP contribution is 2.19. The van der Waals surface area contributed by atoms with Crippen LogP contribution in [-0.2, 0) is 17.9 Å². The Morgan fingerprint density at radius 1 is 1.10 bits per heavy atom. The summed E-state index contributed by atoms with van der Waals surface area (Å²) in [6.07, 6.45) is 0.770. The minimum Gasteiger partial charge on any atom is -0.392 e. The van der Waals surface area contributed by atoms with Crippen molar-refractivity contribution in [3.8, 4) is 0 Å². The van der Waals surface area contributed by atoms with Gasteiger partial charge in [-0.3, -0.25) is 4.79 Å². The van der Waals surface area contributed by atoms with E-state index in [0.717, 1.165) is 23.1 Å². The Balaban J connectivity index is 2.00. The summed E-state index contributed by atoms with van der Waals surface area (Å²) in [6, 6.07) is 17.4. The molecule has 0 saturated heterocycles. The molecular formula is C18H21NO2. The number of amides is 1. The molecule has 0 saturated carbocycles. The summed E-state index contributed by atoms with van der Waals surface area (Å²) < 4.78 is 0. The van der Waals surface area contributed by atoms with Crippen molar-refractivity contribution in [1.82, 2.24) is 5.32 Å². The van der Waals surface area contributed by atoms with Gasteiger partial charge in [-0.05, 0) is 23.1 Å². The summed E-state index contributed by atoms with van der Waals surface area (Å²) in [7, 11) is 0. The maximum Gasteiger partial charge on any atom is 0.227 e. The summed E-state index contributed by atoms with van der Waals surface area (Å²) in [5.74, 6) is -0.0784. The summed E-state index contributed by atoms with van der Waals surface area (Å²) in [5, 5.41) is 12.1. The van der Waals surface area contributed by atoms with Gasteiger partial charge in [0.1, 0.15) is 0 Å². The van der Waals surface area contributed by atoms with Crippen LogP contribution in [0.25, 0.3) is 0 Å². The second kappa shape index (κ2) is 7.60. The van der Waals surface area contributed by atoms with Crippen LogP contribution >= 0.6 is 0 Å². The second-order valence-corrected chi connectivity index (χ2v) is 5.07. The number of hydrogen-bond acceptors (Lipinski definition) is 2. The van der Waals surface area contributed by atoms with E-state index in [2.05, 4.69) is 5.32 Å². The first-order valence-corrected chi connectivity index (χ1v) is 7.26. The van der Waals surface area contributed by atoms with Crippen molar-refractivity contribution in [2.45, 2.75) is 32.4 Å². The molecule has 3 nitrogen and oxygen atoms in total. The predicted octanol–water partition coefficient (Wildman–Crippen LogP) is 2.99. The number of aliphatic hydroxyl groups is 1. The van der Waals surface area contributed by atoms with Crippen LogP contribution in [0.4, 0.5) is 0 Å². The molecular weight excluding hydrogens is 262 g/mol. The number of nitrogens with one attached hydrogen (secondary N) is 1. The molecule has 0 aliphatic rings. The number of carbonyl (C=O) groups is 1. The molecule has 0 fully saturated rings. The van der Waals surface area contributed by atoms with E-state index in [1.807, 2.05) is 61.5 Å². The molecule has 0 radical (unpaired) electrons. The van der Waals surface area contributed by atoms with E-state index in [0.29, 0.717) is 6.54 Å². The monoisotopic (exact) mass is 283 g/mol. The molecule has 0 heterocycles. The van der Waals surface area contributed by atoms with Gasteiger partial charge >= 0.3 is 0 Å². The van der Waals surface area contributed by atoms with Crippen molar-refractivity contribution in [3.63, 3.8) is 0 Å². The molecule has 1 amide bonds. The van der Waals surface area contributed by atoms with Crippen molar-refractivity contribution in [3.05, 3.63) is 71.3 Å². The van der Waals surface area contributed by atoms with E-state index < -0.39 is 0 Å². The molecule has 0 aliphatic carbocycles. The molecule has 0 bridgehead atoms. The third-order valence-electron chi connectivity index (χ3n) is 3.57. The maximum atomic E-state index is 12.3. The van der Waals surface area contributed by atoms with Gasteiger partial charge in [0.25, 0.3) is 0 Å². The Hall–Kier alpha value is -2.13. The van der Waals surface area contributed by atoms with Crippen molar-refractivity contribution < 1.29 is 9.90 Å². The third-order valence-corrected chi connectivity index (χ3v) is 3.57. The smallest absolute Gasteiger partial charge is 0.227 e. The average molecular weight is 283 g/mol. The first-order chi connectivity index (χ1) is 10.2. The van der Waals surface area contributed by atoms with Crippen molar-refractivity contribution in [2.24, 2.45) is 0 Å². The van der Waals surface area contributed by atoms with Gasteiger partial charge < -0.3 is 10.4 Å². The fourth-order valence-corrected chi connectivity index (χ4v) is 2.41. The number of carbonyl (C=O) groups excluding carboxylic acids is 1. The Bertz CT molecular complexity index is 581. The van der Waals surface area contributed by atoms with Gasteiger partial charge in [0.15, 0.2) is 0 Å². The number of rotatable bonds is 6. The Morgan fingerprint density at radius 3 is 2.48 bits per heavy atom. The van der Waals surface area contributed by atoms with Gasteiger partial charge in [0.2, 0.25) is 5.91 Å². The molecule has 2 aromatic carbocycles. The van der Waals surface area contributed by atoms with Crippen LogP contribution in [0.15, 0.2) is 54.6 Å². The molecule has 1 atom stereocenters. The molecule has 2 aromatic rings. The van der Waals surface area contributed by atoms with Crippen molar-refractivity contribution in [2.75, 3.05) is 0 Å². The Morgan fingerprint density at radius 2 is 1.81 bits per heavy atom. The zero-order valence-electron chi connectivity index (χ0n) is 12.3. The fourth-order valence-electron chi connectivity index (χ4n) is 2.41. The van der Waals surface area contributed by atoms with E-state index in [1.54, 1.807) is 0 Å². The van der Waals surface area contributed by atoms with Crippen LogP contribution < -0.4 is 5.32 Å². The van der Waals surface area contributed by atoms with E-state index in [4.69, 9.17) is 5.11 Å². The molecule has 2 N–H and O–H groups in total. The first kappa shape index (κ1) is 15.3. The summed E-state index contributed by atoms with van der Waals surface area (Å²) >= 11 is 0. The van der Waals surface area contributed by atoms with Crippen molar-refractivity contribution >= 4 is 5.91 Å². The molecule has 3 heteroatoms. The van der Waals surface area contributed by atoms with Crippen LogP contribution in [0.1, 0.15) is 36.0 Å². The number of hydrogen-bond donors (Lipinski definition) is 2. The van der Waals surface area contributed by atoms with Gasteiger partial charge in [-0.25, -0.2) is 0 Å². The lowest BCUT2D eigenvalue weighted by Gasteiger charge is -2.15. The number of benzene rings is 2. The summed E-state index contributed by atoms with van der Waals surface area (Å²) in [5.41, 5.74) is 2.90.